The molecule has 0 bridgehead atoms. The summed E-state index contributed by atoms with van der Waals surface area (Å²) in [4.78, 5) is 12.2. The monoisotopic (exact) mass is 271 g/mol. The lowest BCUT2D eigenvalue weighted by atomic mass is 9.95. The number of anilines is 1. The largest absolute Gasteiger partial charge is 0.397 e. The molecule has 1 aliphatic rings. The van der Waals surface area contributed by atoms with Gasteiger partial charge in [-0.1, -0.05) is 31.4 Å². The molecule has 0 unspecified atom stereocenters. The van der Waals surface area contributed by atoms with Crippen LogP contribution in [0.15, 0.2) is 30.5 Å². The topological polar surface area (TPSA) is 60.0 Å². The van der Waals surface area contributed by atoms with Crippen LogP contribution in [0.4, 0.5) is 5.69 Å². The van der Waals surface area contributed by atoms with Crippen LogP contribution in [0.25, 0.3) is 10.9 Å². The molecule has 3 N–H and O–H groups in total. The van der Waals surface area contributed by atoms with Crippen LogP contribution in [0.2, 0.25) is 0 Å². The molecule has 106 valence electrons. The standard InChI is InChI=1S/C16H21N3O/c17-14-8-4-5-12-9-10-19(16(12)14)11-15(20)18-13-6-2-1-3-7-13/h4-5,8-10,13H,1-3,6-7,11,17H2,(H,18,20). The van der Waals surface area contributed by atoms with E-state index in [1.165, 1.54) is 19.3 Å². The van der Waals surface area contributed by atoms with Gasteiger partial charge < -0.3 is 15.6 Å². The molecule has 1 heterocycles. The first kappa shape index (κ1) is 13.0. The van der Waals surface area contributed by atoms with Crippen molar-refractivity contribution < 1.29 is 4.79 Å². The van der Waals surface area contributed by atoms with E-state index in [1.807, 2.05) is 35.0 Å². The molecule has 0 atom stereocenters. The van der Waals surface area contributed by atoms with Crippen molar-refractivity contribution in [3.63, 3.8) is 0 Å². The Morgan fingerprint density at radius 3 is 2.85 bits per heavy atom. The maximum atomic E-state index is 12.2. The number of para-hydroxylation sites is 1. The van der Waals surface area contributed by atoms with Crippen LogP contribution in [0.1, 0.15) is 32.1 Å². The van der Waals surface area contributed by atoms with E-state index in [1.54, 1.807) is 0 Å². The molecule has 4 heteroatoms. The summed E-state index contributed by atoms with van der Waals surface area (Å²) in [6.07, 6.45) is 7.90. The number of nitrogens with one attached hydrogen (secondary N) is 1. The summed E-state index contributed by atoms with van der Waals surface area (Å²) in [5.74, 6) is 0.0812. The Balaban J connectivity index is 1.71. The molecular weight excluding hydrogens is 250 g/mol. The summed E-state index contributed by atoms with van der Waals surface area (Å²) in [6.45, 7) is 0.341. The lowest BCUT2D eigenvalue weighted by Gasteiger charge is -2.23. The number of amides is 1. The van der Waals surface area contributed by atoms with E-state index in [0.717, 1.165) is 29.4 Å². The maximum Gasteiger partial charge on any atom is 0.240 e. The van der Waals surface area contributed by atoms with Crippen molar-refractivity contribution in [1.29, 1.82) is 0 Å². The number of rotatable bonds is 3. The lowest BCUT2D eigenvalue weighted by molar-refractivity contribution is -0.122. The normalized spacial score (nSPS) is 16.4. The van der Waals surface area contributed by atoms with E-state index >= 15 is 0 Å². The van der Waals surface area contributed by atoms with E-state index in [4.69, 9.17) is 5.73 Å². The third kappa shape index (κ3) is 2.64. The van der Waals surface area contributed by atoms with Gasteiger partial charge in [0.15, 0.2) is 0 Å². The molecule has 1 fully saturated rings. The van der Waals surface area contributed by atoms with Gasteiger partial charge in [0.1, 0.15) is 6.54 Å². The first-order chi connectivity index (χ1) is 9.74. The fourth-order valence-corrected chi connectivity index (χ4v) is 3.10. The first-order valence-corrected chi connectivity index (χ1v) is 7.37. The number of aromatic nitrogens is 1. The summed E-state index contributed by atoms with van der Waals surface area (Å²) in [5, 5.41) is 4.22. The highest BCUT2D eigenvalue weighted by Crippen LogP contribution is 2.22. The summed E-state index contributed by atoms with van der Waals surface area (Å²) >= 11 is 0. The second-order valence-corrected chi connectivity index (χ2v) is 5.63. The average molecular weight is 271 g/mol. The van der Waals surface area contributed by atoms with Gasteiger partial charge in [-0.15, -0.1) is 0 Å². The van der Waals surface area contributed by atoms with Crippen molar-refractivity contribution in [2.75, 3.05) is 5.73 Å². The number of carbonyl (C=O) groups excluding carboxylic acids is 1. The highest BCUT2D eigenvalue weighted by Gasteiger charge is 2.16. The molecule has 1 amide bonds. The van der Waals surface area contributed by atoms with Gasteiger partial charge in [0.2, 0.25) is 5.91 Å². The Morgan fingerprint density at radius 2 is 2.05 bits per heavy atom. The zero-order valence-electron chi connectivity index (χ0n) is 11.6. The molecule has 20 heavy (non-hydrogen) atoms. The second kappa shape index (κ2) is 5.57. The minimum absolute atomic E-state index is 0.0812. The van der Waals surface area contributed by atoms with Crippen LogP contribution in [0.3, 0.4) is 0 Å². The minimum Gasteiger partial charge on any atom is -0.397 e. The van der Waals surface area contributed by atoms with Crippen molar-refractivity contribution in [1.82, 2.24) is 9.88 Å². The van der Waals surface area contributed by atoms with E-state index in [-0.39, 0.29) is 5.91 Å². The lowest BCUT2D eigenvalue weighted by Crippen LogP contribution is -2.38. The Hall–Kier alpha value is -1.97. The highest BCUT2D eigenvalue weighted by atomic mass is 16.2. The summed E-state index contributed by atoms with van der Waals surface area (Å²) < 4.78 is 1.93. The zero-order valence-corrected chi connectivity index (χ0v) is 11.6. The van der Waals surface area contributed by atoms with Crippen molar-refractivity contribution in [3.05, 3.63) is 30.5 Å². The van der Waals surface area contributed by atoms with Gasteiger partial charge in [-0.2, -0.15) is 0 Å². The number of benzene rings is 1. The molecule has 0 spiro atoms. The molecule has 0 aliphatic heterocycles. The van der Waals surface area contributed by atoms with Crippen molar-refractivity contribution in [2.45, 2.75) is 44.7 Å². The highest BCUT2D eigenvalue weighted by molar-refractivity contribution is 5.91. The summed E-state index contributed by atoms with van der Waals surface area (Å²) in [7, 11) is 0. The van der Waals surface area contributed by atoms with Crippen LogP contribution < -0.4 is 11.1 Å². The maximum absolute atomic E-state index is 12.2. The number of nitrogen functional groups attached to an aromatic ring is 1. The van der Waals surface area contributed by atoms with Crippen LogP contribution in [0, 0.1) is 0 Å². The van der Waals surface area contributed by atoms with E-state index in [9.17, 15) is 4.79 Å². The van der Waals surface area contributed by atoms with Crippen molar-refractivity contribution >= 4 is 22.5 Å². The molecule has 4 nitrogen and oxygen atoms in total. The smallest absolute Gasteiger partial charge is 0.240 e. The predicted octanol–water partition coefficient (Wildman–Crippen LogP) is 2.67. The van der Waals surface area contributed by atoms with E-state index in [0.29, 0.717) is 12.6 Å². The summed E-state index contributed by atoms with van der Waals surface area (Å²) in [5.41, 5.74) is 7.68. The fourth-order valence-electron chi connectivity index (χ4n) is 3.10. The Labute approximate surface area is 118 Å². The van der Waals surface area contributed by atoms with Crippen molar-refractivity contribution in [3.8, 4) is 0 Å². The molecule has 1 aliphatic carbocycles. The number of hydrogen-bond acceptors (Lipinski definition) is 2. The van der Waals surface area contributed by atoms with Gasteiger partial charge in [-0.3, -0.25) is 4.79 Å². The quantitative estimate of drug-likeness (QED) is 0.843. The van der Waals surface area contributed by atoms with E-state index < -0.39 is 0 Å². The first-order valence-electron chi connectivity index (χ1n) is 7.37. The second-order valence-electron chi connectivity index (χ2n) is 5.63. The SMILES string of the molecule is Nc1cccc2ccn(CC(=O)NC3CCCCC3)c12. The number of fused-ring (bicyclic) bond motifs is 1. The van der Waals surface area contributed by atoms with Crippen molar-refractivity contribution in [2.24, 2.45) is 0 Å². The zero-order chi connectivity index (χ0) is 13.9. The van der Waals surface area contributed by atoms with Gasteiger partial charge in [0.05, 0.1) is 11.2 Å². The molecule has 0 saturated heterocycles. The number of carbonyl (C=O) groups is 1. The number of nitrogens with zero attached hydrogens (tertiary/aromatic N) is 1. The van der Waals surface area contributed by atoms with Gasteiger partial charge in [-0.05, 0) is 25.0 Å². The van der Waals surface area contributed by atoms with Crippen LogP contribution >= 0.6 is 0 Å². The number of nitrogens with two attached hydrogens (primary N) is 1. The third-order valence-corrected chi connectivity index (χ3v) is 4.10. The molecule has 1 aromatic heterocycles. The van der Waals surface area contributed by atoms with Gasteiger partial charge >= 0.3 is 0 Å². The minimum atomic E-state index is 0.0812. The van der Waals surface area contributed by atoms with Crippen LogP contribution in [-0.4, -0.2) is 16.5 Å². The molecule has 1 aromatic carbocycles. The molecule has 3 rings (SSSR count). The Kier molecular flexibility index (Phi) is 3.63. The van der Waals surface area contributed by atoms with Gasteiger partial charge in [0, 0.05) is 17.6 Å². The fraction of sp³-hybridized carbons (Fsp3) is 0.438. The molecule has 1 saturated carbocycles. The number of hydrogen-bond donors (Lipinski definition) is 2. The molecular formula is C16H21N3O. The van der Waals surface area contributed by atoms with Crippen LogP contribution in [-0.2, 0) is 11.3 Å². The molecule has 0 radical (unpaired) electrons. The third-order valence-electron chi connectivity index (χ3n) is 4.10. The van der Waals surface area contributed by atoms with Gasteiger partial charge in [0.25, 0.3) is 0 Å². The Bertz CT molecular complexity index is 611. The van der Waals surface area contributed by atoms with E-state index in [2.05, 4.69) is 5.32 Å². The molecule has 2 aromatic rings. The Morgan fingerprint density at radius 1 is 1.25 bits per heavy atom. The van der Waals surface area contributed by atoms with Gasteiger partial charge in [-0.25, -0.2) is 0 Å². The summed E-state index contributed by atoms with van der Waals surface area (Å²) in [6, 6.07) is 8.18. The van der Waals surface area contributed by atoms with Crippen LogP contribution in [0.5, 0.6) is 0 Å². The predicted molar refractivity (Wildman–Crippen MR) is 81.4 cm³/mol. The average Bonchev–Trinajstić information content (AvgIpc) is 2.84.